The van der Waals surface area contributed by atoms with Crippen molar-refractivity contribution in [2.75, 3.05) is 0 Å². The van der Waals surface area contributed by atoms with E-state index in [1.807, 2.05) is 20.0 Å². The molecular formula is C11H21NO. The molecule has 0 bridgehead atoms. The van der Waals surface area contributed by atoms with Gasteiger partial charge in [0.25, 0.3) is 0 Å². The van der Waals surface area contributed by atoms with E-state index in [0.29, 0.717) is 5.92 Å². The van der Waals surface area contributed by atoms with Crippen LogP contribution in [0.2, 0.25) is 0 Å². The molecule has 0 aliphatic carbocycles. The van der Waals surface area contributed by atoms with Gasteiger partial charge in [-0.1, -0.05) is 34.6 Å². The monoisotopic (exact) mass is 183 g/mol. The average Bonchev–Trinajstić information content (AvgIpc) is 2.57. The lowest BCUT2D eigenvalue weighted by atomic mass is 10.2. The molecule has 2 nitrogen and oxygen atoms in total. The van der Waals surface area contributed by atoms with Crippen LogP contribution in [0.15, 0.2) is 10.6 Å². The first-order chi connectivity index (χ1) is 6.24. The third kappa shape index (κ3) is 4.11. The Bertz CT molecular complexity index is 216. The number of hydrogen-bond donors (Lipinski definition) is 0. The Hall–Kier alpha value is -0.790. The number of aryl methyl sites for hydroxylation is 1. The number of nitrogens with zero attached hydrogens (tertiary/aromatic N) is 1. The van der Waals surface area contributed by atoms with Crippen LogP contribution in [-0.4, -0.2) is 4.98 Å². The normalized spacial score (nSPS) is 9.69. The van der Waals surface area contributed by atoms with Gasteiger partial charge in [0.1, 0.15) is 5.76 Å². The van der Waals surface area contributed by atoms with Crippen molar-refractivity contribution >= 4 is 0 Å². The molecule has 0 aliphatic rings. The Morgan fingerprint density at radius 3 is 2.38 bits per heavy atom. The van der Waals surface area contributed by atoms with E-state index in [0.717, 1.165) is 24.5 Å². The number of rotatable bonds is 3. The first-order valence-electron chi connectivity index (χ1n) is 5.18. The average molecular weight is 183 g/mol. The van der Waals surface area contributed by atoms with E-state index in [9.17, 15) is 0 Å². The highest BCUT2D eigenvalue weighted by Gasteiger charge is 2.05. The van der Waals surface area contributed by atoms with Crippen LogP contribution in [-0.2, 0) is 6.42 Å². The predicted octanol–water partition coefficient (Wildman–Crippen LogP) is 3.78. The van der Waals surface area contributed by atoms with Crippen LogP contribution in [0.25, 0.3) is 0 Å². The van der Waals surface area contributed by atoms with Gasteiger partial charge in [-0.3, -0.25) is 0 Å². The van der Waals surface area contributed by atoms with Crippen LogP contribution in [0.1, 0.15) is 58.6 Å². The van der Waals surface area contributed by atoms with Crippen LogP contribution in [0.5, 0.6) is 0 Å². The Kier molecular flexibility index (Phi) is 6.29. The summed E-state index contributed by atoms with van der Waals surface area (Å²) in [4.78, 5) is 4.16. The maximum absolute atomic E-state index is 5.47. The molecule has 0 radical (unpaired) electrons. The van der Waals surface area contributed by atoms with Gasteiger partial charge in [-0.25, -0.2) is 4.98 Å². The van der Waals surface area contributed by atoms with Crippen molar-refractivity contribution in [1.82, 2.24) is 4.98 Å². The summed E-state index contributed by atoms with van der Waals surface area (Å²) in [5, 5.41) is 0. The van der Waals surface area contributed by atoms with Gasteiger partial charge in [-0.05, 0) is 6.42 Å². The van der Waals surface area contributed by atoms with Crippen molar-refractivity contribution < 1.29 is 4.42 Å². The summed E-state index contributed by atoms with van der Waals surface area (Å²) >= 11 is 0. The van der Waals surface area contributed by atoms with Crippen molar-refractivity contribution in [2.45, 2.75) is 53.4 Å². The summed E-state index contributed by atoms with van der Waals surface area (Å²) in [6.07, 6.45) is 3.88. The fraction of sp³-hybridized carbons (Fsp3) is 0.727. The molecule has 13 heavy (non-hydrogen) atoms. The van der Waals surface area contributed by atoms with E-state index in [1.165, 1.54) is 0 Å². The second kappa shape index (κ2) is 6.70. The van der Waals surface area contributed by atoms with Crippen molar-refractivity contribution in [3.63, 3.8) is 0 Å². The molecule has 0 amide bonds. The Morgan fingerprint density at radius 1 is 1.38 bits per heavy atom. The van der Waals surface area contributed by atoms with Gasteiger partial charge >= 0.3 is 0 Å². The second-order valence-electron chi connectivity index (χ2n) is 3.06. The minimum atomic E-state index is 0.452. The molecule has 1 aromatic rings. The Labute approximate surface area is 81.4 Å². The minimum Gasteiger partial charge on any atom is -0.445 e. The molecule has 0 saturated heterocycles. The molecule has 1 rings (SSSR count). The molecular weight excluding hydrogens is 162 g/mol. The van der Waals surface area contributed by atoms with Gasteiger partial charge in [-0.2, -0.15) is 0 Å². The third-order valence-electron chi connectivity index (χ3n) is 1.60. The molecule has 0 aliphatic heterocycles. The SMILES string of the molecule is CC.CCCc1ncc(C(C)C)o1. The molecule has 76 valence electrons. The topological polar surface area (TPSA) is 26.0 Å². The molecule has 0 aromatic carbocycles. The van der Waals surface area contributed by atoms with Crippen LogP contribution >= 0.6 is 0 Å². The maximum atomic E-state index is 5.47. The lowest BCUT2D eigenvalue weighted by Crippen LogP contribution is -1.82. The summed E-state index contributed by atoms with van der Waals surface area (Å²) in [7, 11) is 0. The second-order valence-corrected chi connectivity index (χ2v) is 3.06. The summed E-state index contributed by atoms with van der Waals surface area (Å²) in [6, 6.07) is 0. The third-order valence-corrected chi connectivity index (χ3v) is 1.60. The van der Waals surface area contributed by atoms with E-state index in [1.54, 1.807) is 0 Å². The lowest BCUT2D eigenvalue weighted by Gasteiger charge is -1.95. The largest absolute Gasteiger partial charge is 0.445 e. The number of oxazole rings is 1. The smallest absolute Gasteiger partial charge is 0.194 e. The zero-order valence-electron chi connectivity index (χ0n) is 9.42. The van der Waals surface area contributed by atoms with Crippen molar-refractivity contribution in [3.8, 4) is 0 Å². The molecule has 0 fully saturated rings. The zero-order chi connectivity index (χ0) is 10.3. The van der Waals surface area contributed by atoms with Crippen LogP contribution in [0, 0.1) is 0 Å². The van der Waals surface area contributed by atoms with Gasteiger partial charge in [0.05, 0.1) is 6.20 Å². The summed E-state index contributed by atoms with van der Waals surface area (Å²) in [5.41, 5.74) is 0. The molecule has 0 N–H and O–H groups in total. The van der Waals surface area contributed by atoms with Crippen LogP contribution < -0.4 is 0 Å². The van der Waals surface area contributed by atoms with E-state index >= 15 is 0 Å². The number of aromatic nitrogens is 1. The summed E-state index contributed by atoms with van der Waals surface area (Å²) in [6.45, 7) is 10.3. The van der Waals surface area contributed by atoms with E-state index in [4.69, 9.17) is 4.42 Å². The highest BCUT2D eigenvalue weighted by atomic mass is 16.4. The first kappa shape index (κ1) is 12.2. The highest BCUT2D eigenvalue weighted by molar-refractivity contribution is 4.98. The van der Waals surface area contributed by atoms with E-state index in [-0.39, 0.29) is 0 Å². The van der Waals surface area contributed by atoms with Crippen molar-refractivity contribution in [1.29, 1.82) is 0 Å². The van der Waals surface area contributed by atoms with Crippen LogP contribution in [0.4, 0.5) is 0 Å². The molecule has 0 atom stereocenters. The summed E-state index contributed by atoms with van der Waals surface area (Å²) < 4.78 is 5.47. The van der Waals surface area contributed by atoms with Crippen molar-refractivity contribution in [3.05, 3.63) is 17.8 Å². The highest BCUT2D eigenvalue weighted by Crippen LogP contribution is 2.15. The standard InChI is InChI=1S/C9H15NO.C2H6/c1-4-5-9-10-6-8(11-9)7(2)3;1-2/h6-7H,4-5H2,1-3H3;1-2H3. The summed E-state index contributed by atoms with van der Waals surface area (Å²) in [5.74, 6) is 2.32. The molecule has 1 heterocycles. The fourth-order valence-electron chi connectivity index (χ4n) is 0.921. The van der Waals surface area contributed by atoms with Crippen molar-refractivity contribution in [2.24, 2.45) is 0 Å². The zero-order valence-corrected chi connectivity index (χ0v) is 9.42. The van der Waals surface area contributed by atoms with E-state index in [2.05, 4.69) is 25.8 Å². The first-order valence-corrected chi connectivity index (χ1v) is 5.18. The maximum Gasteiger partial charge on any atom is 0.194 e. The van der Waals surface area contributed by atoms with Gasteiger partial charge in [0, 0.05) is 12.3 Å². The number of hydrogen-bond acceptors (Lipinski definition) is 2. The minimum absolute atomic E-state index is 0.452. The molecule has 2 heteroatoms. The molecule has 0 unspecified atom stereocenters. The van der Waals surface area contributed by atoms with Gasteiger partial charge in [0.15, 0.2) is 5.89 Å². The van der Waals surface area contributed by atoms with Gasteiger partial charge < -0.3 is 4.42 Å². The predicted molar refractivity (Wildman–Crippen MR) is 55.9 cm³/mol. The fourth-order valence-corrected chi connectivity index (χ4v) is 0.921. The Balaban J connectivity index is 0.000000671. The molecule has 0 spiro atoms. The van der Waals surface area contributed by atoms with Gasteiger partial charge in [0.2, 0.25) is 0 Å². The lowest BCUT2D eigenvalue weighted by molar-refractivity contribution is 0.437. The van der Waals surface area contributed by atoms with Crippen LogP contribution in [0.3, 0.4) is 0 Å². The Morgan fingerprint density at radius 2 is 2.00 bits per heavy atom. The molecule has 0 saturated carbocycles. The van der Waals surface area contributed by atoms with E-state index < -0.39 is 0 Å². The quantitative estimate of drug-likeness (QED) is 0.712. The van der Waals surface area contributed by atoms with Gasteiger partial charge in [-0.15, -0.1) is 0 Å². The molecule has 1 aromatic heterocycles.